The van der Waals surface area contributed by atoms with Crippen molar-refractivity contribution in [2.45, 2.75) is 30.8 Å². The van der Waals surface area contributed by atoms with Crippen LogP contribution in [0.4, 0.5) is 15.8 Å². The molecule has 4 aromatic carbocycles. The largest absolute Gasteiger partial charge is 0.497 e. The predicted octanol–water partition coefficient (Wildman–Crippen LogP) is 7.94. The van der Waals surface area contributed by atoms with Crippen LogP contribution in [0.1, 0.15) is 47.0 Å². The van der Waals surface area contributed by atoms with Crippen molar-refractivity contribution in [3.63, 3.8) is 0 Å². The van der Waals surface area contributed by atoms with Crippen LogP contribution in [0.5, 0.6) is 11.5 Å². The summed E-state index contributed by atoms with van der Waals surface area (Å²) in [7, 11) is 3.18. The smallest absolute Gasteiger partial charge is 0.260 e. The Morgan fingerprint density at radius 2 is 1.62 bits per heavy atom. The second-order valence-electron chi connectivity index (χ2n) is 15.4. The summed E-state index contributed by atoms with van der Waals surface area (Å²) in [4.78, 5) is 60.3. The highest BCUT2D eigenvalue weighted by Crippen LogP contribution is 2.64. The van der Waals surface area contributed by atoms with E-state index in [9.17, 15) is 23.9 Å². The molecule has 0 radical (unpaired) electrons. The van der Waals surface area contributed by atoms with Gasteiger partial charge in [-0.1, -0.05) is 59.7 Å². The van der Waals surface area contributed by atoms with Gasteiger partial charge in [-0.2, -0.15) is 5.01 Å². The maximum atomic E-state index is 15.2. The SMILES string of the molecule is COc1ccc(OC)c(C=Cc2ccc(N3C(=O)[C@H]4[C@H](CC=C5[C@H]4C[C@H]4C(=O)N(Nc6ccc(F)cc6)C(=O)[C@@]4(c4ccc(Cl)cc4)[C@H]5c4ccc(CO)o4)C3=O)cc2)c1. The van der Waals surface area contributed by atoms with Gasteiger partial charge in [-0.15, -0.1) is 0 Å². The van der Waals surface area contributed by atoms with Crippen molar-refractivity contribution in [1.29, 1.82) is 0 Å². The molecule has 4 aliphatic rings. The zero-order valence-electron chi connectivity index (χ0n) is 32.5. The first-order valence-electron chi connectivity index (χ1n) is 19.5. The number of fused-ring (bicyclic) bond motifs is 4. The maximum Gasteiger partial charge on any atom is 0.260 e. The molecule has 3 fully saturated rings. The third-order valence-electron chi connectivity index (χ3n) is 12.4. The number of benzene rings is 4. The Kier molecular flexibility index (Phi) is 9.92. The fourth-order valence-electron chi connectivity index (χ4n) is 9.74. The number of halogens is 2. The lowest BCUT2D eigenvalue weighted by atomic mass is 9.50. The molecule has 2 aliphatic carbocycles. The Bertz CT molecular complexity index is 2590. The number of hydrogen-bond donors (Lipinski definition) is 2. The monoisotopic (exact) mass is 827 g/mol. The van der Waals surface area contributed by atoms with Crippen LogP contribution in [-0.2, 0) is 31.2 Å². The minimum Gasteiger partial charge on any atom is -0.497 e. The number of nitrogens with zero attached hydrogens (tertiary/aromatic N) is 2. The Morgan fingerprint density at radius 3 is 2.30 bits per heavy atom. The zero-order valence-corrected chi connectivity index (χ0v) is 33.3. The van der Waals surface area contributed by atoms with Crippen LogP contribution in [0, 0.1) is 29.5 Å². The highest BCUT2D eigenvalue weighted by molar-refractivity contribution is 6.30. The summed E-state index contributed by atoms with van der Waals surface area (Å²) in [6, 6.07) is 27.9. The molecule has 13 heteroatoms. The average Bonchev–Trinajstić information content (AvgIpc) is 3.91. The third-order valence-corrected chi connectivity index (χ3v) is 12.7. The number of aliphatic hydroxyl groups excluding tert-OH is 1. The number of methoxy groups -OCH3 is 2. The van der Waals surface area contributed by atoms with Crippen molar-refractivity contribution in [2.75, 3.05) is 24.5 Å². The summed E-state index contributed by atoms with van der Waals surface area (Å²) in [6.45, 7) is -0.409. The first kappa shape index (κ1) is 39.0. The number of anilines is 2. The van der Waals surface area contributed by atoms with Crippen LogP contribution in [0.3, 0.4) is 0 Å². The second-order valence-corrected chi connectivity index (χ2v) is 15.8. The van der Waals surface area contributed by atoms with Gasteiger partial charge < -0.3 is 19.0 Å². The van der Waals surface area contributed by atoms with Gasteiger partial charge in [0.15, 0.2) is 0 Å². The number of ether oxygens (including phenoxy) is 2. The number of nitrogens with one attached hydrogen (secondary N) is 1. The molecular formula is C47H39ClFN3O8. The predicted molar refractivity (Wildman–Crippen MR) is 221 cm³/mol. The van der Waals surface area contributed by atoms with Crippen molar-refractivity contribution in [3.05, 3.63) is 154 Å². The first-order chi connectivity index (χ1) is 29.1. The first-order valence-corrected chi connectivity index (χ1v) is 19.9. The number of hydrazine groups is 1. The van der Waals surface area contributed by atoms with Crippen molar-refractivity contribution in [1.82, 2.24) is 5.01 Å². The number of amides is 4. The minimum absolute atomic E-state index is 0.0657. The van der Waals surface area contributed by atoms with Crippen LogP contribution in [0.2, 0.25) is 5.02 Å². The number of rotatable bonds is 10. The van der Waals surface area contributed by atoms with Crippen LogP contribution in [0.25, 0.3) is 12.2 Å². The summed E-state index contributed by atoms with van der Waals surface area (Å²) in [6.07, 6.45) is 5.99. The fraction of sp³-hybridized carbons (Fsp3) is 0.234. The normalized spacial score (nSPS) is 24.7. The molecule has 5 aromatic rings. The third kappa shape index (κ3) is 6.20. The number of aliphatic hydroxyl groups is 1. The molecule has 6 atom stereocenters. The molecule has 1 saturated carbocycles. The van der Waals surface area contributed by atoms with E-state index in [4.69, 9.17) is 25.5 Å². The molecule has 2 saturated heterocycles. The Balaban J connectivity index is 1.10. The van der Waals surface area contributed by atoms with Crippen molar-refractivity contribution < 1.29 is 42.6 Å². The number of carbonyl (C=O) groups is 4. The summed E-state index contributed by atoms with van der Waals surface area (Å²) >= 11 is 6.37. The highest BCUT2D eigenvalue weighted by atomic mass is 35.5. The van der Waals surface area contributed by atoms with E-state index in [2.05, 4.69) is 5.43 Å². The molecule has 2 aliphatic heterocycles. The van der Waals surface area contributed by atoms with Gasteiger partial charge in [0.05, 0.1) is 49.3 Å². The van der Waals surface area contributed by atoms with Crippen LogP contribution in [0.15, 0.2) is 119 Å². The van der Waals surface area contributed by atoms with Gasteiger partial charge in [-0.05, 0) is 109 Å². The number of hydrogen-bond acceptors (Lipinski definition) is 9. The van der Waals surface area contributed by atoms with Crippen LogP contribution in [-0.4, -0.2) is 48.0 Å². The molecule has 0 unspecified atom stereocenters. The van der Waals surface area contributed by atoms with E-state index in [0.29, 0.717) is 44.8 Å². The summed E-state index contributed by atoms with van der Waals surface area (Å²) in [5.74, 6) is -4.58. The lowest BCUT2D eigenvalue weighted by Gasteiger charge is -2.49. The van der Waals surface area contributed by atoms with Gasteiger partial charge in [0.2, 0.25) is 11.8 Å². The molecule has 3 heterocycles. The molecule has 9 rings (SSSR count). The molecule has 2 N–H and O–H groups in total. The summed E-state index contributed by atoms with van der Waals surface area (Å²) in [5, 5.41) is 11.5. The molecular weight excluding hydrogens is 789 g/mol. The van der Waals surface area contributed by atoms with E-state index >= 15 is 4.79 Å². The fourth-order valence-corrected chi connectivity index (χ4v) is 9.87. The van der Waals surface area contributed by atoms with Crippen LogP contribution >= 0.6 is 11.6 Å². The lowest BCUT2D eigenvalue weighted by molar-refractivity contribution is -0.138. The topological polar surface area (TPSA) is 139 Å². The number of carbonyl (C=O) groups excluding carboxylic acids is 4. The second kappa shape index (κ2) is 15.3. The van der Waals surface area contributed by atoms with E-state index in [1.54, 1.807) is 62.8 Å². The van der Waals surface area contributed by atoms with Crippen LogP contribution < -0.4 is 19.8 Å². The molecule has 60 heavy (non-hydrogen) atoms. The van der Waals surface area contributed by atoms with E-state index in [1.165, 1.54) is 29.2 Å². The number of allylic oxidation sites excluding steroid dienone is 2. The molecule has 0 spiro atoms. The van der Waals surface area contributed by atoms with E-state index in [0.717, 1.165) is 16.1 Å². The molecule has 4 amide bonds. The highest BCUT2D eigenvalue weighted by Gasteiger charge is 2.71. The van der Waals surface area contributed by atoms with Gasteiger partial charge >= 0.3 is 0 Å². The van der Waals surface area contributed by atoms with Crippen molar-refractivity contribution in [3.8, 4) is 11.5 Å². The number of furan rings is 1. The number of imide groups is 2. The average molecular weight is 828 g/mol. The van der Waals surface area contributed by atoms with E-state index in [1.807, 2.05) is 48.6 Å². The van der Waals surface area contributed by atoms with Gasteiger partial charge in [0.1, 0.15) is 40.9 Å². The quantitative estimate of drug-likeness (QED) is 0.0817. The molecule has 1 aromatic heterocycles. The van der Waals surface area contributed by atoms with Gasteiger partial charge in [0, 0.05) is 10.6 Å². The lowest BCUT2D eigenvalue weighted by Crippen LogP contribution is -2.53. The molecule has 11 nitrogen and oxygen atoms in total. The van der Waals surface area contributed by atoms with E-state index in [-0.39, 0.29) is 24.5 Å². The maximum absolute atomic E-state index is 15.2. The Hall–Kier alpha value is -6.50. The van der Waals surface area contributed by atoms with E-state index < -0.39 is 65.2 Å². The van der Waals surface area contributed by atoms with Gasteiger partial charge in [-0.25, -0.2) is 4.39 Å². The van der Waals surface area contributed by atoms with Gasteiger partial charge in [0.25, 0.3) is 11.8 Å². The Labute approximate surface area is 349 Å². The Morgan fingerprint density at radius 1 is 0.867 bits per heavy atom. The van der Waals surface area contributed by atoms with Crippen molar-refractivity contribution >= 4 is 58.8 Å². The van der Waals surface area contributed by atoms with Crippen molar-refractivity contribution in [2.24, 2.45) is 23.7 Å². The zero-order chi connectivity index (χ0) is 41.9. The molecule has 304 valence electrons. The van der Waals surface area contributed by atoms with Gasteiger partial charge in [-0.3, -0.25) is 29.5 Å². The summed E-state index contributed by atoms with van der Waals surface area (Å²) in [5.41, 5.74) is 4.89. The summed E-state index contributed by atoms with van der Waals surface area (Å²) < 4.78 is 31.0. The minimum atomic E-state index is -1.60. The molecule has 0 bridgehead atoms. The standard InChI is InChI=1S/C47H39ClFN3O8/c1-58-33-17-21-39(59-2)27(23-33)6-3-26-4-15-32(16-5-26)51-43(54)36-20-19-35-37(41(36)45(51)56)24-38-44(55)52(50-31-13-11-30(49)12-14-31)46(57)47(38,28-7-9-29(48)10-8-28)42(35)40-22-18-34(25-53)60-40/h3-19,21-23,36-38,41-42,50,53H,20,24-25H2,1-2H3/t36-,37+,38-,41-,42+,47+/m0/s1.